The summed E-state index contributed by atoms with van der Waals surface area (Å²) in [5, 5.41) is 8.85. The summed E-state index contributed by atoms with van der Waals surface area (Å²) in [6, 6.07) is 11.9. The molecular weight excluding hydrogens is 427 g/mol. The van der Waals surface area contributed by atoms with Crippen molar-refractivity contribution in [1.29, 1.82) is 0 Å². The van der Waals surface area contributed by atoms with Gasteiger partial charge in [0.1, 0.15) is 5.82 Å². The Morgan fingerprint density at radius 1 is 1.03 bits per heavy atom. The summed E-state index contributed by atoms with van der Waals surface area (Å²) in [6.45, 7) is 5.98. The van der Waals surface area contributed by atoms with Gasteiger partial charge >= 0.3 is 5.97 Å². The molecule has 2 aromatic rings. The lowest BCUT2D eigenvalue weighted by Gasteiger charge is -2.44. The third-order valence-corrected chi connectivity index (χ3v) is 5.94. The maximum atomic E-state index is 13.2. The summed E-state index contributed by atoms with van der Waals surface area (Å²) in [4.78, 5) is 27.8. The van der Waals surface area contributed by atoms with E-state index in [0.29, 0.717) is 37.6 Å². The Morgan fingerprint density at radius 2 is 1.73 bits per heavy atom. The van der Waals surface area contributed by atoms with Crippen molar-refractivity contribution in [2.24, 2.45) is 0 Å². The molecule has 1 heterocycles. The number of nitrogens with zero attached hydrogens (tertiary/aromatic N) is 2. The highest BCUT2D eigenvalue weighted by atomic mass is 19.1. The van der Waals surface area contributed by atoms with Crippen LogP contribution in [0.5, 0.6) is 11.5 Å². The second kappa shape index (κ2) is 11.1. The Labute approximate surface area is 193 Å². The predicted molar refractivity (Wildman–Crippen MR) is 122 cm³/mol. The Morgan fingerprint density at radius 3 is 2.39 bits per heavy atom. The molecule has 7 nitrogen and oxygen atoms in total. The molecule has 1 N–H and O–H groups in total. The number of benzene rings is 2. The molecule has 33 heavy (non-hydrogen) atoms. The largest absolute Gasteiger partial charge is 0.493 e. The molecular formula is C25H31FN2O5. The molecule has 1 aliphatic rings. The number of carboxylic acids is 1. The van der Waals surface area contributed by atoms with Gasteiger partial charge in [0, 0.05) is 38.1 Å². The highest BCUT2D eigenvalue weighted by Gasteiger charge is 2.32. The van der Waals surface area contributed by atoms with E-state index in [1.807, 2.05) is 11.8 Å². The van der Waals surface area contributed by atoms with Crippen LogP contribution in [0, 0.1) is 5.82 Å². The number of rotatable bonds is 9. The molecule has 2 atom stereocenters. The number of aliphatic carboxylic acids is 1. The van der Waals surface area contributed by atoms with Gasteiger partial charge in [-0.05, 0) is 55.7 Å². The van der Waals surface area contributed by atoms with Crippen molar-refractivity contribution in [3.8, 4) is 11.5 Å². The van der Waals surface area contributed by atoms with Gasteiger partial charge in [-0.1, -0.05) is 18.2 Å². The Balaban J connectivity index is 1.56. The maximum absolute atomic E-state index is 13.2. The summed E-state index contributed by atoms with van der Waals surface area (Å²) in [5.74, 6) is -0.298. The number of piperazine rings is 1. The standard InChI is InChI=1S/C25H31FN2O5/c1-17-14-28(18(2)13-27(17)15-20-4-8-21(26)9-5-20)24(29)16-33-22-10-6-19(7-11-25(30)31)12-23(22)32-3/h4-6,8-10,12,17-18H,7,11,13-16H2,1-3H3,(H,30,31)/t17-,18+/m1/s1. The third kappa shape index (κ3) is 6.68. The SMILES string of the molecule is COc1cc(CCC(=O)O)ccc1OCC(=O)N1C[C@@H](C)N(Cc2ccc(F)cc2)C[C@@H]1C. The lowest BCUT2D eigenvalue weighted by Crippen LogP contribution is -2.58. The van der Waals surface area contributed by atoms with Crippen LogP contribution in [0.25, 0.3) is 0 Å². The molecule has 0 aromatic heterocycles. The molecule has 0 aliphatic carbocycles. The van der Waals surface area contributed by atoms with Gasteiger partial charge in [-0.2, -0.15) is 0 Å². The minimum absolute atomic E-state index is 0.0121. The van der Waals surface area contributed by atoms with Crippen LogP contribution >= 0.6 is 0 Å². The van der Waals surface area contributed by atoms with Crippen molar-refractivity contribution in [3.63, 3.8) is 0 Å². The van der Waals surface area contributed by atoms with Crippen LogP contribution in [0.3, 0.4) is 0 Å². The van der Waals surface area contributed by atoms with Crippen LogP contribution in [0.1, 0.15) is 31.4 Å². The van der Waals surface area contributed by atoms with Gasteiger partial charge in [0.15, 0.2) is 18.1 Å². The molecule has 3 rings (SSSR count). The molecule has 0 spiro atoms. The molecule has 1 saturated heterocycles. The zero-order chi connectivity index (χ0) is 24.0. The van der Waals surface area contributed by atoms with E-state index in [1.165, 1.54) is 19.2 Å². The lowest BCUT2D eigenvalue weighted by molar-refractivity contribution is -0.139. The second-order valence-corrected chi connectivity index (χ2v) is 8.47. The summed E-state index contributed by atoms with van der Waals surface area (Å²) in [7, 11) is 1.51. The summed E-state index contributed by atoms with van der Waals surface area (Å²) < 4.78 is 24.3. The normalized spacial score (nSPS) is 18.7. The number of methoxy groups -OCH3 is 1. The summed E-state index contributed by atoms with van der Waals surface area (Å²) >= 11 is 0. The van der Waals surface area contributed by atoms with Gasteiger partial charge in [-0.3, -0.25) is 14.5 Å². The molecule has 178 valence electrons. The van der Waals surface area contributed by atoms with Crippen molar-refractivity contribution in [2.45, 2.75) is 45.3 Å². The Bertz CT molecular complexity index is 966. The van der Waals surface area contributed by atoms with Crippen LogP contribution in [0.15, 0.2) is 42.5 Å². The number of carboxylic acid groups (broad SMARTS) is 1. The number of aryl methyl sites for hydroxylation is 1. The number of amides is 1. The molecule has 1 amide bonds. The number of hydrogen-bond acceptors (Lipinski definition) is 5. The first-order chi connectivity index (χ1) is 15.8. The monoisotopic (exact) mass is 458 g/mol. The van der Waals surface area contributed by atoms with Crippen molar-refractivity contribution >= 4 is 11.9 Å². The molecule has 1 fully saturated rings. The molecule has 0 bridgehead atoms. The molecule has 2 aromatic carbocycles. The van der Waals surface area contributed by atoms with E-state index in [9.17, 15) is 14.0 Å². The number of ether oxygens (including phenoxy) is 2. The second-order valence-electron chi connectivity index (χ2n) is 8.47. The van der Waals surface area contributed by atoms with E-state index in [0.717, 1.165) is 11.1 Å². The highest BCUT2D eigenvalue weighted by Crippen LogP contribution is 2.29. The van der Waals surface area contributed by atoms with Crippen LogP contribution in [0.2, 0.25) is 0 Å². The van der Waals surface area contributed by atoms with Gasteiger partial charge in [0.25, 0.3) is 5.91 Å². The van der Waals surface area contributed by atoms with Crippen molar-refractivity contribution in [1.82, 2.24) is 9.80 Å². The minimum Gasteiger partial charge on any atom is -0.493 e. The van der Waals surface area contributed by atoms with E-state index in [-0.39, 0.29) is 36.8 Å². The van der Waals surface area contributed by atoms with E-state index in [2.05, 4.69) is 11.8 Å². The van der Waals surface area contributed by atoms with Crippen molar-refractivity contribution in [2.75, 3.05) is 26.8 Å². The van der Waals surface area contributed by atoms with E-state index in [1.54, 1.807) is 30.3 Å². The van der Waals surface area contributed by atoms with Crippen molar-refractivity contribution < 1.29 is 28.6 Å². The first-order valence-corrected chi connectivity index (χ1v) is 11.1. The fourth-order valence-corrected chi connectivity index (χ4v) is 4.05. The summed E-state index contributed by atoms with van der Waals surface area (Å²) in [5.41, 5.74) is 1.87. The zero-order valence-corrected chi connectivity index (χ0v) is 19.3. The lowest BCUT2D eigenvalue weighted by atomic mass is 10.1. The van der Waals surface area contributed by atoms with Gasteiger partial charge < -0.3 is 19.5 Å². The Hall–Kier alpha value is -3.13. The topological polar surface area (TPSA) is 79.3 Å². The average molecular weight is 459 g/mol. The Kier molecular flexibility index (Phi) is 8.27. The molecule has 1 aliphatic heterocycles. The predicted octanol–water partition coefficient (Wildman–Crippen LogP) is 3.35. The van der Waals surface area contributed by atoms with E-state index < -0.39 is 5.97 Å². The molecule has 0 radical (unpaired) electrons. The molecule has 0 unspecified atom stereocenters. The fourth-order valence-electron chi connectivity index (χ4n) is 4.05. The van der Waals surface area contributed by atoms with Crippen LogP contribution < -0.4 is 9.47 Å². The number of hydrogen-bond donors (Lipinski definition) is 1. The van der Waals surface area contributed by atoms with Crippen LogP contribution in [-0.4, -0.2) is 65.7 Å². The van der Waals surface area contributed by atoms with Crippen LogP contribution in [0.4, 0.5) is 4.39 Å². The fraction of sp³-hybridized carbons (Fsp3) is 0.440. The van der Waals surface area contributed by atoms with Gasteiger partial charge in [-0.15, -0.1) is 0 Å². The smallest absolute Gasteiger partial charge is 0.303 e. The average Bonchev–Trinajstić information content (AvgIpc) is 2.79. The zero-order valence-electron chi connectivity index (χ0n) is 19.3. The number of carbonyl (C=O) groups is 2. The van der Waals surface area contributed by atoms with Crippen LogP contribution in [-0.2, 0) is 22.6 Å². The first kappa shape index (κ1) is 24.5. The highest BCUT2D eigenvalue weighted by molar-refractivity contribution is 5.78. The molecule has 0 saturated carbocycles. The van der Waals surface area contributed by atoms with Crippen molar-refractivity contribution in [3.05, 3.63) is 59.4 Å². The molecule has 8 heteroatoms. The number of halogens is 1. The van der Waals surface area contributed by atoms with E-state index >= 15 is 0 Å². The van der Waals surface area contributed by atoms with Gasteiger partial charge in [-0.25, -0.2) is 4.39 Å². The van der Waals surface area contributed by atoms with Gasteiger partial charge in [0.2, 0.25) is 0 Å². The first-order valence-electron chi connectivity index (χ1n) is 11.1. The third-order valence-electron chi connectivity index (χ3n) is 5.94. The van der Waals surface area contributed by atoms with E-state index in [4.69, 9.17) is 14.6 Å². The minimum atomic E-state index is -0.860. The summed E-state index contributed by atoms with van der Waals surface area (Å²) in [6.07, 6.45) is 0.424. The number of carbonyl (C=O) groups excluding carboxylic acids is 1. The quantitative estimate of drug-likeness (QED) is 0.621. The van der Waals surface area contributed by atoms with Gasteiger partial charge in [0.05, 0.1) is 7.11 Å². The maximum Gasteiger partial charge on any atom is 0.303 e.